The predicted molar refractivity (Wildman–Crippen MR) is 45.6 cm³/mol. The molecule has 2 rings (SSSR count). The van der Waals surface area contributed by atoms with E-state index in [9.17, 15) is 0 Å². The van der Waals surface area contributed by atoms with Crippen molar-refractivity contribution in [2.75, 3.05) is 24.9 Å². The van der Waals surface area contributed by atoms with E-state index in [4.69, 9.17) is 0 Å². The summed E-state index contributed by atoms with van der Waals surface area (Å²) in [7, 11) is 4.02. The van der Waals surface area contributed by atoms with Crippen molar-refractivity contribution in [1.82, 2.24) is 19.8 Å². The summed E-state index contributed by atoms with van der Waals surface area (Å²) in [6.07, 6.45) is 3.02. The van der Waals surface area contributed by atoms with E-state index in [0.717, 1.165) is 13.1 Å². The zero-order chi connectivity index (χ0) is 8.39. The van der Waals surface area contributed by atoms with Crippen molar-refractivity contribution in [3.8, 4) is 0 Å². The van der Waals surface area contributed by atoms with Crippen molar-refractivity contribution in [1.29, 1.82) is 0 Å². The first-order chi connectivity index (χ1) is 5.86. The standard InChI is InChI=1S/C6H9BN5.Ir/c1-11-2-3-12(7-11)6-9-4-8-5-10-6;/h4-5H,2-3H2,1H3;. The van der Waals surface area contributed by atoms with Crippen molar-refractivity contribution in [3.05, 3.63) is 12.7 Å². The summed E-state index contributed by atoms with van der Waals surface area (Å²) in [5.41, 5.74) is 0. The van der Waals surface area contributed by atoms with E-state index in [1.165, 1.54) is 12.7 Å². The summed E-state index contributed by atoms with van der Waals surface area (Å²) in [6.45, 7) is 1.96. The van der Waals surface area contributed by atoms with E-state index in [2.05, 4.69) is 19.8 Å². The first-order valence-corrected chi connectivity index (χ1v) is 3.80. The van der Waals surface area contributed by atoms with E-state index in [1.807, 2.05) is 19.4 Å². The van der Waals surface area contributed by atoms with Crippen LogP contribution in [0.25, 0.3) is 0 Å². The zero-order valence-electron chi connectivity index (χ0n) is 7.22. The number of hydrogen-bond donors (Lipinski definition) is 0. The summed E-state index contributed by atoms with van der Waals surface area (Å²) in [4.78, 5) is 15.9. The molecule has 0 saturated carbocycles. The third kappa shape index (κ3) is 2.46. The smallest absolute Gasteiger partial charge is 0.354 e. The van der Waals surface area contributed by atoms with E-state index in [-0.39, 0.29) is 20.1 Å². The van der Waals surface area contributed by atoms with Gasteiger partial charge < -0.3 is 9.62 Å². The molecule has 1 saturated heterocycles. The molecule has 1 aromatic heterocycles. The Hall–Kier alpha value is -0.516. The maximum atomic E-state index is 4.04. The van der Waals surface area contributed by atoms with Crippen LogP contribution in [0.15, 0.2) is 12.7 Å². The van der Waals surface area contributed by atoms with Gasteiger partial charge >= 0.3 is 7.55 Å². The molecule has 2 heterocycles. The molecule has 13 heavy (non-hydrogen) atoms. The minimum atomic E-state index is 0. The fraction of sp³-hybridized carbons (Fsp3) is 0.500. The van der Waals surface area contributed by atoms with Crippen LogP contribution in [0.2, 0.25) is 0 Å². The minimum Gasteiger partial charge on any atom is -0.372 e. The predicted octanol–water partition coefficient (Wildman–Crippen LogP) is -0.845. The van der Waals surface area contributed by atoms with Crippen LogP contribution in [0.1, 0.15) is 0 Å². The molecular weight excluding hydrogens is 345 g/mol. The van der Waals surface area contributed by atoms with Crippen LogP contribution in [0.5, 0.6) is 0 Å². The van der Waals surface area contributed by atoms with Crippen LogP contribution in [0.3, 0.4) is 0 Å². The molecule has 1 aliphatic rings. The first-order valence-electron chi connectivity index (χ1n) is 3.80. The fourth-order valence-electron chi connectivity index (χ4n) is 1.15. The van der Waals surface area contributed by atoms with Crippen molar-refractivity contribution >= 4 is 13.5 Å². The Morgan fingerprint density at radius 1 is 1.31 bits per heavy atom. The maximum absolute atomic E-state index is 4.04. The van der Waals surface area contributed by atoms with Gasteiger partial charge in [0, 0.05) is 33.2 Å². The van der Waals surface area contributed by atoms with Crippen LogP contribution < -0.4 is 4.81 Å². The molecule has 0 unspecified atom stereocenters. The molecule has 5 nitrogen and oxygen atoms in total. The van der Waals surface area contributed by atoms with Gasteiger partial charge in [-0.25, -0.2) is 15.0 Å². The normalized spacial score (nSPS) is 16.5. The molecule has 0 amide bonds. The van der Waals surface area contributed by atoms with Crippen LogP contribution in [0.4, 0.5) is 5.95 Å². The van der Waals surface area contributed by atoms with Gasteiger partial charge in [-0.1, -0.05) is 0 Å². The van der Waals surface area contributed by atoms with Gasteiger partial charge in [0.05, 0.1) is 0 Å². The molecule has 2 radical (unpaired) electrons. The van der Waals surface area contributed by atoms with Gasteiger partial charge in [-0.05, 0) is 7.05 Å². The number of likely N-dealkylation sites (N-methyl/N-ethyl adjacent to an activating group) is 1. The van der Waals surface area contributed by atoms with Crippen molar-refractivity contribution in [2.45, 2.75) is 0 Å². The third-order valence-electron chi connectivity index (χ3n) is 1.77. The van der Waals surface area contributed by atoms with Crippen LogP contribution >= 0.6 is 0 Å². The summed E-state index contributed by atoms with van der Waals surface area (Å²) < 4.78 is 0. The Bertz CT molecular complexity index is 258. The third-order valence-corrected chi connectivity index (χ3v) is 1.77. The minimum absolute atomic E-state index is 0. The first kappa shape index (κ1) is 10.6. The second-order valence-electron chi connectivity index (χ2n) is 2.73. The Morgan fingerprint density at radius 3 is 2.54 bits per heavy atom. The van der Waals surface area contributed by atoms with Crippen molar-refractivity contribution in [3.63, 3.8) is 0 Å². The number of rotatable bonds is 1. The molecule has 1 aromatic rings. The molecule has 0 N–H and O–H groups in total. The average Bonchev–Trinajstić information content (AvgIpc) is 2.54. The second kappa shape index (κ2) is 4.65. The number of anilines is 1. The molecule has 0 spiro atoms. The van der Waals surface area contributed by atoms with Crippen LogP contribution in [0, 0.1) is 0 Å². The summed E-state index contributed by atoms with van der Waals surface area (Å²) in [5.74, 6) is 0.717. The summed E-state index contributed by atoms with van der Waals surface area (Å²) in [5, 5.41) is 0. The van der Waals surface area contributed by atoms with Gasteiger partial charge in [0.15, 0.2) is 0 Å². The van der Waals surface area contributed by atoms with Crippen molar-refractivity contribution in [2.24, 2.45) is 0 Å². The molecular formula is C6H9BIrN5. The SMILES string of the molecule is CN1[B]N(c2ncncn2)CC1.[Ir]. The zero-order valence-corrected chi connectivity index (χ0v) is 9.61. The number of nitrogens with zero attached hydrogens (tertiary/aromatic N) is 5. The molecule has 0 aliphatic carbocycles. The van der Waals surface area contributed by atoms with E-state index in [1.54, 1.807) is 0 Å². The van der Waals surface area contributed by atoms with Gasteiger partial charge in [-0.2, -0.15) is 0 Å². The van der Waals surface area contributed by atoms with Gasteiger partial charge in [0.25, 0.3) is 0 Å². The monoisotopic (exact) mass is 355 g/mol. The summed E-state index contributed by atoms with van der Waals surface area (Å²) in [6, 6.07) is 0. The molecule has 70 valence electrons. The maximum Gasteiger partial charge on any atom is 0.354 e. The Kier molecular flexibility index (Phi) is 3.78. The fourth-order valence-corrected chi connectivity index (χ4v) is 1.15. The van der Waals surface area contributed by atoms with Crippen LogP contribution in [-0.4, -0.2) is 47.4 Å². The van der Waals surface area contributed by atoms with Gasteiger partial charge in [-0.3, -0.25) is 0 Å². The van der Waals surface area contributed by atoms with Crippen molar-refractivity contribution < 1.29 is 20.1 Å². The van der Waals surface area contributed by atoms with Gasteiger partial charge in [-0.15, -0.1) is 0 Å². The Morgan fingerprint density at radius 2 is 2.00 bits per heavy atom. The molecule has 1 aliphatic heterocycles. The van der Waals surface area contributed by atoms with Gasteiger partial charge in [0.2, 0.25) is 5.95 Å². The number of aromatic nitrogens is 3. The largest absolute Gasteiger partial charge is 0.372 e. The molecule has 0 atom stereocenters. The Balaban J connectivity index is 0.000000845. The van der Waals surface area contributed by atoms with Crippen LogP contribution in [-0.2, 0) is 20.1 Å². The number of hydrogen-bond acceptors (Lipinski definition) is 5. The molecule has 0 aromatic carbocycles. The molecule has 1 fully saturated rings. The van der Waals surface area contributed by atoms with E-state index < -0.39 is 0 Å². The quantitative estimate of drug-likeness (QED) is 0.616. The molecule has 7 heteroatoms. The average molecular weight is 354 g/mol. The summed E-state index contributed by atoms with van der Waals surface area (Å²) >= 11 is 0. The van der Waals surface area contributed by atoms with E-state index >= 15 is 0 Å². The Labute approximate surface area is 91.2 Å². The molecule has 0 bridgehead atoms. The second-order valence-corrected chi connectivity index (χ2v) is 2.73. The van der Waals surface area contributed by atoms with Gasteiger partial charge in [0.1, 0.15) is 12.7 Å². The topological polar surface area (TPSA) is 45.2 Å². The van der Waals surface area contributed by atoms with E-state index in [0.29, 0.717) is 5.95 Å².